The zero-order valence-electron chi connectivity index (χ0n) is 10.0. The smallest absolute Gasteiger partial charge is 0.101 e. The third-order valence-corrected chi connectivity index (χ3v) is 3.08. The average Bonchev–Trinajstić information content (AvgIpc) is 2.38. The number of benzene rings is 1. The fourth-order valence-electron chi connectivity index (χ4n) is 2.10. The first-order chi connectivity index (χ1) is 8.24. The van der Waals surface area contributed by atoms with Gasteiger partial charge in [0.15, 0.2) is 0 Å². The van der Waals surface area contributed by atoms with Gasteiger partial charge in [0.1, 0.15) is 6.07 Å². The normalized spacial score (nSPS) is 20.0. The lowest BCUT2D eigenvalue weighted by Crippen LogP contribution is -2.42. The fourth-order valence-corrected chi connectivity index (χ4v) is 2.10. The van der Waals surface area contributed by atoms with Gasteiger partial charge < -0.3 is 15.4 Å². The number of nitrogens with two attached hydrogens (primary N) is 1. The molecule has 1 aromatic carbocycles. The molecule has 4 nitrogen and oxygen atoms in total. The van der Waals surface area contributed by atoms with Crippen molar-refractivity contribution in [1.29, 1.82) is 5.26 Å². The maximum absolute atomic E-state index is 9.13. The lowest BCUT2D eigenvalue weighted by Gasteiger charge is -2.34. The molecule has 1 heterocycles. The number of nitriles is 1. The van der Waals surface area contributed by atoms with Gasteiger partial charge in [-0.1, -0.05) is 6.92 Å². The number of nitrogen functional groups attached to an aromatic ring is 1. The molecule has 4 heteroatoms. The second-order valence-corrected chi connectivity index (χ2v) is 4.24. The first-order valence-electron chi connectivity index (χ1n) is 5.90. The van der Waals surface area contributed by atoms with E-state index in [0.29, 0.717) is 17.9 Å². The largest absolute Gasteiger partial charge is 0.399 e. The predicted octanol–water partition coefficient (Wildman–Crippen LogP) is 1.76. The Morgan fingerprint density at radius 2 is 2.41 bits per heavy atom. The van der Waals surface area contributed by atoms with Crippen LogP contribution in [-0.4, -0.2) is 25.8 Å². The number of anilines is 2. The number of morpholine rings is 1. The highest BCUT2D eigenvalue weighted by molar-refractivity contribution is 5.64. The molecule has 0 aliphatic carbocycles. The Bertz CT molecular complexity index is 439. The summed E-state index contributed by atoms with van der Waals surface area (Å²) in [6.45, 7) is 4.50. The summed E-state index contributed by atoms with van der Waals surface area (Å²) in [6.07, 6.45) is 1.25. The lowest BCUT2D eigenvalue weighted by atomic mass is 10.1. The van der Waals surface area contributed by atoms with Crippen LogP contribution >= 0.6 is 0 Å². The second-order valence-electron chi connectivity index (χ2n) is 4.24. The van der Waals surface area contributed by atoms with Crippen molar-refractivity contribution in [2.75, 3.05) is 30.3 Å². The van der Waals surface area contributed by atoms with Crippen molar-refractivity contribution >= 4 is 11.4 Å². The van der Waals surface area contributed by atoms with Gasteiger partial charge in [0.25, 0.3) is 0 Å². The molecule has 0 radical (unpaired) electrons. The second kappa shape index (κ2) is 5.07. The third-order valence-electron chi connectivity index (χ3n) is 3.08. The maximum Gasteiger partial charge on any atom is 0.101 e. The van der Waals surface area contributed by atoms with Crippen LogP contribution in [0.25, 0.3) is 0 Å². The Kier molecular flexibility index (Phi) is 3.50. The van der Waals surface area contributed by atoms with Crippen LogP contribution in [0.2, 0.25) is 0 Å². The zero-order chi connectivity index (χ0) is 12.3. The van der Waals surface area contributed by atoms with Gasteiger partial charge in [-0.25, -0.2) is 0 Å². The van der Waals surface area contributed by atoms with E-state index in [0.717, 1.165) is 25.2 Å². The van der Waals surface area contributed by atoms with Crippen LogP contribution < -0.4 is 10.6 Å². The molecule has 1 unspecified atom stereocenters. The fraction of sp³-hybridized carbons (Fsp3) is 0.462. The summed E-state index contributed by atoms with van der Waals surface area (Å²) in [5, 5.41) is 9.13. The molecule has 1 aromatic rings. The summed E-state index contributed by atoms with van der Waals surface area (Å²) in [5.74, 6) is 0. The van der Waals surface area contributed by atoms with Crippen molar-refractivity contribution in [3.8, 4) is 6.07 Å². The minimum Gasteiger partial charge on any atom is -0.399 e. The molecule has 1 saturated heterocycles. The molecule has 90 valence electrons. The highest BCUT2D eigenvalue weighted by Crippen LogP contribution is 2.24. The molecule has 2 N–H and O–H groups in total. The van der Waals surface area contributed by atoms with E-state index in [4.69, 9.17) is 15.7 Å². The molecule has 1 atom stereocenters. The van der Waals surface area contributed by atoms with Crippen molar-refractivity contribution in [2.45, 2.75) is 19.4 Å². The molecule has 1 aliphatic heterocycles. The van der Waals surface area contributed by atoms with Crippen molar-refractivity contribution in [3.63, 3.8) is 0 Å². The predicted molar refractivity (Wildman–Crippen MR) is 67.8 cm³/mol. The first kappa shape index (κ1) is 11.7. The molecule has 17 heavy (non-hydrogen) atoms. The van der Waals surface area contributed by atoms with Gasteiger partial charge in [-0.15, -0.1) is 0 Å². The van der Waals surface area contributed by atoms with Crippen molar-refractivity contribution in [3.05, 3.63) is 23.8 Å². The number of hydrogen-bond acceptors (Lipinski definition) is 4. The third kappa shape index (κ3) is 2.51. The van der Waals surface area contributed by atoms with Gasteiger partial charge in [-0.3, -0.25) is 0 Å². The minimum atomic E-state index is 0.257. The molecule has 0 bridgehead atoms. The van der Waals surface area contributed by atoms with E-state index >= 15 is 0 Å². The van der Waals surface area contributed by atoms with Gasteiger partial charge in [0, 0.05) is 18.8 Å². The van der Waals surface area contributed by atoms with E-state index in [1.807, 2.05) is 12.1 Å². The van der Waals surface area contributed by atoms with Gasteiger partial charge >= 0.3 is 0 Å². The number of ether oxygens (including phenoxy) is 1. The highest BCUT2D eigenvalue weighted by atomic mass is 16.5. The molecule has 2 rings (SSSR count). The van der Waals surface area contributed by atoms with E-state index in [1.54, 1.807) is 6.07 Å². The van der Waals surface area contributed by atoms with Gasteiger partial charge in [0.05, 0.1) is 24.0 Å². The summed E-state index contributed by atoms with van der Waals surface area (Å²) in [7, 11) is 0. The van der Waals surface area contributed by atoms with Gasteiger partial charge in [0.2, 0.25) is 0 Å². The topological polar surface area (TPSA) is 62.3 Å². The average molecular weight is 231 g/mol. The molecule has 0 saturated carbocycles. The summed E-state index contributed by atoms with van der Waals surface area (Å²) in [5.41, 5.74) is 7.92. The van der Waals surface area contributed by atoms with E-state index in [9.17, 15) is 0 Å². The van der Waals surface area contributed by atoms with E-state index in [-0.39, 0.29) is 6.10 Å². The highest BCUT2D eigenvalue weighted by Gasteiger charge is 2.21. The monoisotopic (exact) mass is 231 g/mol. The first-order valence-corrected chi connectivity index (χ1v) is 5.90. The number of hydrogen-bond donors (Lipinski definition) is 1. The van der Waals surface area contributed by atoms with Crippen LogP contribution in [0, 0.1) is 11.3 Å². The van der Waals surface area contributed by atoms with Crippen molar-refractivity contribution < 1.29 is 4.74 Å². The molecule has 0 spiro atoms. The van der Waals surface area contributed by atoms with Crippen LogP contribution in [0.5, 0.6) is 0 Å². The summed E-state index contributed by atoms with van der Waals surface area (Å²) in [4.78, 5) is 2.20. The molecule has 1 aliphatic rings. The summed E-state index contributed by atoms with van der Waals surface area (Å²) >= 11 is 0. The Morgan fingerprint density at radius 3 is 3.12 bits per heavy atom. The molecule has 0 amide bonds. The SMILES string of the molecule is CCC1CN(c2ccc(N)cc2C#N)CCO1. The quantitative estimate of drug-likeness (QED) is 0.788. The minimum absolute atomic E-state index is 0.257. The molecular formula is C13H17N3O. The van der Waals surface area contributed by atoms with Gasteiger partial charge in [-0.05, 0) is 24.6 Å². The molecular weight excluding hydrogens is 214 g/mol. The van der Waals surface area contributed by atoms with Crippen LogP contribution in [-0.2, 0) is 4.74 Å². The van der Waals surface area contributed by atoms with Crippen LogP contribution in [0.4, 0.5) is 11.4 Å². The Labute approximate surface area is 102 Å². The molecule has 1 fully saturated rings. The van der Waals surface area contributed by atoms with E-state index < -0.39 is 0 Å². The number of rotatable bonds is 2. The van der Waals surface area contributed by atoms with Crippen LogP contribution in [0.1, 0.15) is 18.9 Å². The van der Waals surface area contributed by atoms with E-state index in [1.165, 1.54) is 0 Å². The lowest BCUT2D eigenvalue weighted by molar-refractivity contribution is 0.0384. The summed E-state index contributed by atoms with van der Waals surface area (Å²) in [6, 6.07) is 7.69. The maximum atomic E-state index is 9.13. The standard InChI is InChI=1S/C13H17N3O/c1-2-12-9-16(5-6-17-12)13-4-3-11(15)7-10(13)8-14/h3-4,7,12H,2,5-6,9,15H2,1H3. The van der Waals surface area contributed by atoms with Crippen molar-refractivity contribution in [2.24, 2.45) is 0 Å². The Morgan fingerprint density at radius 1 is 1.59 bits per heavy atom. The summed E-state index contributed by atoms with van der Waals surface area (Å²) < 4.78 is 5.63. The van der Waals surface area contributed by atoms with Crippen molar-refractivity contribution in [1.82, 2.24) is 0 Å². The van der Waals surface area contributed by atoms with Crippen LogP contribution in [0.3, 0.4) is 0 Å². The number of nitrogens with zero attached hydrogens (tertiary/aromatic N) is 2. The molecule has 0 aromatic heterocycles. The van der Waals surface area contributed by atoms with E-state index in [2.05, 4.69) is 17.9 Å². The zero-order valence-corrected chi connectivity index (χ0v) is 10.0. The van der Waals surface area contributed by atoms with Gasteiger partial charge in [-0.2, -0.15) is 5.26 Å². The Hall–Kier alpha value is -1.73. The Balaban J connectivity index is 2.24. The van der Waals surface area contributed by atoms with Crippen LogP contribution in [0.15, 0.2) is 18.2 Å².